The number of aromatic nitrogens is 1. The molecule has 0 aliphatic carbocycles. The topological polar surface area (TPSA) is 153 Å². The van der Waals surface area contributed by atoms with E-state index in [-0.39, 0.29) is 34.4 Å². The lowest BCUT2D eigenvalue weighted by atomic mass is 10.1. The Morgan fingerprint density at radius 1 is 1.12 bits per heavy atom. The van der Waals surface area contributed by atoms with Crippen LogP contribution in [-0.4, -0.2) is 37.6 Å². The fourth-order valence-corrected chi connectivity index (χ4v) is 3.71. The minimum atomic E-state index is -3.52. The highest BCUT2D eigenvalue weighted by Crippen LogP contribution is 2.31. The molecule has 2 aromatic carbocycles. The van der Waals surface area contributed by atoms with Gasteiger partial charge in [-0.25, -0.2) is 8.42 Å². The summed E-state index contributed by atoms with van der Waals surface area (Å²) in [5.41, 5.74) is 1.28. The lowest BCUT2D eigenvalue weighted by molar-refractivity contribution is -0.384. The zero-order valence-electron chi connectivity index (χ0n) is 18.6. The molecule has 0 saturated carbocycles. The van der Waals surface area contributed by atoms with Crippen molar-refractivity contribution in [3.8, 4) is 5.75 Å². The summed E-state index contributed by atoms with van der Waals surface area (Å²) in [6, 6.07) is 13.6. The van der Waals surface area contributed by atoms with Crippen molar-refractivity contribution >= 4 is 38.7 Å². The molecule has 0 saturated heterocycles. The predicted molar refractivity (Wildman–Crippen MR) is 129 cm³/mol. The highest BCUT2D eigenvalue weighted by atomic mass is 32.2. The summed E-state index contributed by atoms with van der Waals surface area (Å²) in [5, 5.41) is 17.3. The first kappa shape index (κ1) is 24.5. The van der Waals surface area contributed by atoms with E-state index >= 15 is 0 Å². The molecular formula is C22H23N5O6S. The maximum absolute atomic E-state index is 12.7. The van der Waals surface area contributed by atoms with Gasteiger partial charge in [-0.05, 0) is 43.3 Å². The van der Waals surface area contributed by atoms with Crippen LogP contribution in [0.2, 0.25) is 0 Å². The molecule has 12 heteroatoms. The summed E-state index contributed by atoms with van der Waals surface area (Å²) >= 11 is 0. The van der Waals surface area contributed by atoms with E-state index in [2.05, 4.69) is 20.3 Å². The van der Waals surface area contributed by atoms with Crippen molar-refractivity contribution in [2.24, 2.45) is 0 Å². The van der Waals surface area contributed by atoms with Gasteiger partial charge in [-0.3, -0.25) is 24.6 Å². The molecule has 11 nitrogen and oxygen atoms in total. The van der Waals surface area contributed by atoms with E-state index in [0.717, 1.165) is 6.26 Å². The third-order valence-electron chi connectivity index (χ3n) is 4.71. The molecule has 0 aliphatic heterocycles. The van der Waals surface area contributed by atoms with E-state index in [0.29, 0.717) is 11.4 Å². The van der Waals surface area contributed by atoms with Gasteiger partial charge in [-0.2, -0.15) is 0 Å². The zero-order chi connectivity index (χ0) is 24.9. The number of nitro groups is 1. The Kier molecular flexibility index (Phi) is 7.31. The van der Waals surface area contributed by atoms with Crippen molar-refractivity contribution in [1.82, 2.24) is 4.98 Å². The number of hydrogen-bond donors (Lipinski definition) is 3. The number of nitrogens with zero attached hydrogens (tertiary/aromatic N) is 2. The molecule has 0 radical (unpaired) electrons. The molecule has 3 rings (SSSR count). The van der Waals surface area contributed by atoms with Gasteiger partial charge in [0.1, 0.15) is 11.4 Å². The number of carbonyl (C=O) groups is 1. The van der Waals surface area contributed by atoms with Crippen LogP contribution in [-0.2, 0) is 10.0 Å². The molecule has 0 spiro atoms. The minimum Gasteiger partial charge on any atom is -0.494 e. The third-order valence-corrected chi connectivity index (χ3v) is 5.31. The van der Waals surface area contributed by atoms with Crippen LogP contribution in [0.15, 0.2) is 60.8 Å². The van der Waals surface area contributed by atoms with Crippen LogP contribution in [0.5, 0.6) is 5.75 Å². The second kappa shape index (κ2) is 10.2. The van der Waals surface area contributed by atoms with Gasteiger partial charge in [0.05, 0.1) is 35.7 Å². The maximum atomic E-state index is 12.7. The summed E-state index contributed by atoms with van der Waals surface area (Å²) in [7, 11) is -2.17. The van der Waals surface area contributed by atoms with Crippen LogP contribution in [0.1, 0.15) is 29.0 Å². The number of nitro benzene ring substituents is 1. The summed E-state index contributed by atoms with van der Waals surface area (Å²) in [5.74, 6) is -0.393. The maximum Gasteiger partial charge on any atom is 0.293 e. The predicted octanol–water partition coefficient (Wildman–Crippen LogP) is 3.80. The Hall–Kier alpha value is -4.19. The fraction of sp³-hybridized carbons (Fsp3) is 0.182. The molecule has 1 atom stereocenters. The highest BCUT2D eigenvalue weighted by Gasteiger charge is 2.20. The largest absolute Gasteiger partial charge is 0.494 e. The molecule has 1 aromatic heterocycles. The fourth-order valence-electron chi connectivity index (χ4n) is 3.14. The monoisotopic (exact) mass is 485 g/mol. The Bertz CT molecular complexity index is 1310. The van der Waals surface area contributed by atoms with Gasteiger partial charge in [0.2, 0.25) is 10.0 Å². The Morgan fingerprint density at radius 2 is 1.85 bits per heavy atom. The molecular weight excluding hydrogens is 462 g/mol. The average Bonchev–Trinajstić information content (AvgIpc) is 2.79. The highest BCUT2D eigenvalue weighted by molar-refractivity contribution is 7.92. The first-order chi connectivity index (χ1) is 16.1. The minimum absolute atomic E-state index is 0.0695. The number of ether oxygens (including phenoxy) is 1. The van der Waals surface area contributed by atoms with Gasteiger partial charge in [0, 0.05) is 29.6 Å². The molecule has 178 valence electrons. The van der Waals surface area contributed by atoms with Crippen LogP contribution in [0, 0.1) is 10.1 Å². The van der Waals surface area contributed by atoms with Crippen molar-refractivity contribution in [2.45, 2.75) is 13.0 Å². The van der Waals surface area contributed by atoms with E-state index in [1.165, 1.54) is 43.5 Å². The van der Waals surface area contributed by atoms with Gasteiger partial charge in [-0.1, -0.05) is 6.07 Å². The van der Waals surface area contributed by atoms with E-state index < -0.39 is 20.9 Å². The van der Waals surface area contributed by atoms with Crippen molar-refractivity contribution < 1.29 is 22.9 Å². The number of sulfonamides is 1. The lowest BCUT2D eigenvalue weighted by Crippen LogP contribution is -2.14. The van der Waals surface area contributed by atoms with Gasteiger partial charge < -0.3 is 15.4 Å². The van der Waals surface area contributed by atoms with Crippen LogP contribution >= 0.6 is 0 Å². The number of pyridine rings is 1. The SMILES string of the molecule is COc1cc(NC(=O)c2ccc(NC(C)c3ccccn3)c([N+](=O)[O-])c2)ccc1NS(C)(=O)=O. The zero-order valence-corrected chi connectivity index (χ0v) is 19.4. The van der Waals surface area contributed by atoms with Gasteiger partial charge in [0.15, 0.2) is 0 Å². The van der Waals surface area contributed by atoms with Gasteiger partial charge in [-0.15, -0.1) is 0 Å². The second-order valence-corrected chi connectivity index (χ2v) is 9.10. The Balaban J connectivity index is 1.81. The van der Waals surface area contributed by atoms with E-state index in [1.54, 1.807) is 18.3 Å². The number of benzene rings is 2. The molecule has 3 aromatic rings. The van der Waals surface area contributed by atoms with Crippen LogP contribution in [0.4, 0.5) is 22.7 Å². The van der Waals surface area contributed by atoms with Crippen molar-refractivity contribution in [3.05, 3.63) is 82.2 Å². The van der Waals surface area contributed by atoms with E-state index in [4.69, 9.17) is 4.74 Å². The van der Waals surface area contributed by atoms with Crippen molar-refractivity contribution in [3.63, 3.8) is 0 Å². The first-order valence-corrected chi connectivity index (χ1v) is 11.9. The first-order valence-electron chi connectivity index (χ1n) is 10.0. The lowest BCUT2D eigenvalue weighted by Gasteiger charge is -2.15. The molecule has 0 bridgehead atoms. The van der Waals surface area contributed by atoms with E-state index in [9.17, 15) is 23.3 Å². The molecule has 1 unspecified atom stereocenters. The van der Waals surface area contributed by atoms with Crippen molar-refractivity contribution in [1.29, 1.82) is 0 Å². The summed E-state index contributed by atoms with van der Waals surface area (Å²) in [4.78, 5) is 28.1. The van der Waals surface area contributed by atoms with Gasteiger partial charge >= 0.3 is 0 Å². The molecule has 34 heavy (non-hydrogen) atoms. The van der Waals surface area contributed by atoms with Crippen molar-refractivity contribution in [2.75, 3.05) is 28.7 Å². The van der Waals surface area contributed by atoms with E-state index in [1.807, 2.05) is 13.0 Å². The Labute approximate surface area is 196 Å². The number of anilines is 3. The number of carbonyl (C=O) groups excluding carboxylic acids is 1. The number of methoxy groups -OCH3 is 1. The molecule has 1 amide bonds. The molecule has 1 heterocycles. The summed E-state index contributed by atoms with van der Waals surface area (Å²) in [6.45, 7) is 1.82. The average molecular weight is 486 g/mol. The molecule has 0 aliphatic rings. The van der Waals surface area contributed by atoms with Crippen LogP contribution in [0.25, 0.3) is 0 Å². The normalized spacial score (nSPS) is 11.9. The second-order valence-electron chi connectivity index (χ2n) is 7.35. The molecule has 0 fully saturated rings. The standard InChI is InChI=1S/C22H23N5O6S/c1-14(17-6-4-5-11-23-17)24-18-9-7-15(12-20(18)27(29)30)22(28)25-16-8-10-19(21(13-16)33-2)26-34(3,31)32/h4-14,24,26H,1-3H3,(H,25,28). The number of hydrogen-bond acceptors (Lipinski definition) is 8. The van der Waals surface area contributed by atoms with Crippen LogP contribution < -0.4 is 20.1 Å². The third kappa shape index (κ3) is 6.19. The number of rotatable bonds is 9. The van der Waals surface area contributed by atoms with Crippen LogP contribution in [0.3, 0.4) is 0 Å². The van der Waals surface area contributed by atoms with Gasteiger partial charge in [0.25, 0.3) is 11.6 Å². The summed E-state index contributed by atoms with van der Waals surface area (Å²) < 4.78 is 30.4. The molecule has 3 N–H and O–H groups in total. The summed E-state index contributed by atoms with van der Waals surface area (Å²) in [6.07, 6.45) is 2.64. The number of amides is 1. The Morgan fingerprint density at radius 3 is 2.47 bits per heavy atom. The quantitative estimate of drug-likeness (QED) is 0.306. The number of nitrogens with one attached hydrogen (secondary N) is 3. The smallest absolute Gasteiger partial charge is 0.293 e.